The highest BCUT2D eigenvalue weighted by atomic mass is 16.5. The Hall–Kier alpha value is -1.84. The highest BCUT2D eigenvalue weighted by Crippen LogP contribution is 2.15. The summed E-state index contributed by atoms with van der Waals surface area (Å²) in [5, 5.41) is 4.01. The number of aromatic nitrogens is 2. The van der Waals surface area contributed by atoms with E-state index in [1.165, 1.54) is 5.56 Å². The van der Waals surface area contributed by atoms with E-state index in [0.29, 0.717) is 11.8 Å². The number of benzene rings is 1. The zero-order valence-corrected chi connectivity index (χ0v) is 10.9. The Morgan fingerprint density at radius 2 is 1.94 bits per heavy atom. The summed E-state index contributed by atoms with van der Waals surface area (Å²) in [4.78, 5) is 4.41. The second-order valence-electron chi connectivity index (χ2n) is 4.60. The van der Waals surface area contributed by atoms with E-state index in [9.17, 15) is 0 Å². The molecule has 0 aliphatic rings. The highest BCUT2D eigenvalue weighted by Gasteiger charge is 2.11. The van der Waals surface area contributed by atoms with Crippen molar-refractivity contribution in [3.63, 3.8) is 0 Å². The van der Waals surface area contributed by atoms with Gasteiger partial charge in [0.1, 0.15) is 0 Å². The van der Waals surface area contributed by atoms with Crippen molar-refractivity contribution in [3.8, 4) is 0 Å². The van der Waals surface area contributed by atoms with Gasteiger partial charge in [-0.15, -0.1) is 0 Å². The third kappa shape index (κ3) is 3.09. The summed E-state index contributed by atoms with van der Waals surface area (Å²) in [7, 11) is 0. The predicted molar refractivity (Wildman–Crippen MR) is 71.3 cm³/mol. The number of aryl methyl sites for hydroxylation is 2. The Morgan fingerprint density at radius 3 is 2.61 bits per heavy atom. The van der Waals surface area contributed by atoms with Crippen molar-refractivity contribution in [2.24, 2.45) is 0 Å². The molecule has 0 saturated carbocycles. The zero-order chi connectivity index (χ0) is 13.0. The average Bonchev–Trinajstić information content (AvgIpc) is 2.86. The summed E-state index contributed by atoms with van der Waals surface area (Å²) in [5.41, 5.74) is 7.66. The Bertz CT molecular complexity index is 490. The van der Waals surface area contributed by atoms with Crippen LogP contribution in [-0.2, 0) is 12.8 Å². The first-order chi connectivity index (χ1) is 8.69. The maximum Gasteiger partial charge on any atom is 0.226 e. The zero-order valence-electron chi connectivity index (χ0n) is 10.9. The molecule has 1 aromatic heterocycles. The van der Waals surface area contributed by atoms with E-state index in [2.05, 4.69) is 24.0 Å². The van der Waals surface area contributed by atoms with Crippen LogP contribution in [0.3, 0.4) is 0 Å². The highest BCUT2D eigenvalue weighted by molar-refractivity contribution is 5.39. The first kappa shape index (κ1) is 12.6. The summed E-state index contributed by atoms with van der Waals surface area (Å²) < 4.78 is 5.25. The van der Waals surface area contributed by atoms with E-state index >= 15 is 0 Å². The summed E-state index contributed by atoms with van der Waals surface area (Å²) >= 11 is 0. The number of nitrogen functional groups attached to an aromatic ring is 1. The van der Waals surface area contributed by atoms with Crippen molar-refractivity contribution in [3.05, 3.63) is 41.5 Å². The first-order valence-electron chi connectivity index (χ1n) is 6.36. The van der Waals surface area contributed by atoms with Crippen molar-refractivity contribution in [2.75, 3.05) is 5.73 Å². The lowest BCUT2D eigenvalue weighted by Crippen LogP contribution is -1.96. The second kappa shape index (κ2) is 5.67. The average molecular weight is 245 g/mol. The smallest absolute Gasteiger partial charge is 0.226 e. The van der Waals surface area contributed by atoms with Crippen LogP contribution in [0.5, 0.6) is 0 Å². The van der Waals surface area contributed by atoms with E-state index in [1.807, 2.05) is 24.3 Å². The second-order valence-corrected chi connectivity index (χ2v) is 4.60. The fourth-order valence-corrected chi connectivity index (χ4v) is 1.69. The predicted octanol–water partition coefficient (Wildman–Crippen LogP) is 2.95. The lowest BCUT2D eigenvalue weighted by Gasteiger charge is -1.99. The van der Waals surface area contributed by atoms with Crippen molar-refractivity contribution in [1.82, 2.24) is 10.1 Å². The van der Waals surface area contributed by atoms with Gasteiger partial charge in [-0.1, -0.05) is 31.1 Å². The molecule has 0 radical (unpaired) electrons. The molecule has 1 unspecified atom stereocenters. The maximum atomic E-state index is 5.65. The van der Waals surface area contributed by atoms with Crippen molar-refractivity contribution >= 4 is 5.69 Å². The lowest BCUT2D eigenvalue weighted by atomic mass is 10.1. The molecule has 4 heteroatoms. The van der Waals surface area contributed by atoms with Crippen molar-refractivity contribution < 1.29 is 4.52 Å². The largest absolute Gasteiger partial charge is 0.399 e. The molecule has 18 heavy (non-hydrogen) atoms. The van der Waals surface area contributed by atoms with E-state index in [0.717, 1.165) is 30.8 Å². The van der Waals surface area contributed by atoms with E-state index in [4.69, 9.17) is 10.3 Å². The minimum Gasteiger partial charge on any atom is -0.399 e. The molecule has 0 fully saturated rings. The van der Waals surface area contributed by atoms with Crippen molar-refractivity contribution in [2.45, 2.75) is 39.0 Å². The molecule has 0 aliphatic carbocycles. The molecular weight excluding hydrogens is 226 g/mol. The molecule has 2 aromatic rings. The Labute approximate surface area is 107 Å². The summed E-state index contributed by atoms with van der Waals surface area (Å²) in [5.74, 6) is 1.88. The van der Waals surface area contributed by atoms with Gasteiger partial charge < -0.3 is 10.3 Å². The molecule has 0 amide bonds. The molecule has 0 spiro atoms. The standard InChI is InChI=1S/C14H19N3O/c1-3-10(2)14-16-13(18-17-14)9-6-11-4-7-12(15)8-5-11/h4-5,7-8,10H,3,6,9,15H2,1-2H3. The van der Waals surface area contributed by atoms with Gasteiger partial charge in [-0.3, -0.25) is 0 Å². The van der Waals surface area contributed by atoms with E-state index < -0.39 is 0 Å². The van der Waals surface area contributed by atoms with Crippen LogP contribution in [0.25, 0.3) is 0 Å². The molecule has 2 rings (SSSR count). The number of hydrogen-bond acceptors (Lipinski definition) is 4. The van der Waals surface area contributed by atoms with Gasteiger partial charge in [-0.2, -0.15) is 4.98 Å². The third-order valence-electron chi connectivity index (χ3n) is 3.14. The summed E-state index contributed by atoms with van der Waals surface area (Å²) in [6.07, 6.45) is 2.69. The van der Waals surface area contributed by atoms with Crippen LogP contribution in [0.2, 0.25) is 0 Å². The lowest BCUT2D eigenvalue weighted by molar-refractivity contribution is 0.370. The van der Waals surface area contributed by atoms with Gasteiger partial charge in [0.15, 0.2) is 5.82 Å². The minimum atomic E-state index is 0.360. The molecular formula is C14H19N3O. The quantitative estimate of drug-likeness (QED) is 0.822. The third-order valence-corrected chi connectivity index (χ3v) is 3.14. The van der Waals surface area contributed by atoms with Gasteiger partial charge >= 0.3 is 0 Å². The molecule has 0 saturated heterocycles. The SMILES string of the molecule is CCC(C)c1noc(CCc2ccc(N)cc2)n1. The summed E-state index contributed by atoms with van der Waals surface area (Å²) in [6, 6.07) is 7.88. The Morgan fingerprint density at radius 1 is 1.22 bits per heavy atom. The maximum absolute atomic E-state index is 5.65. The minimum absolute atomic E-state index is 0.360. The van der Waals surface area contributed by atoms with E-state index in [-0.39, 0.29) is 0 Å². The Balaban J connectivity index is 1.94. The monoisotopic (exact) mass is 245 g/mol. The molecule has 1 atom stereocenters. The molecule has 2 N–H and O–H groups in total. The molecule has 1 aromatic carbocycles. The molecule has 96 valence electrons. The van der Waals surface area contributed by atoms with Crippen LogP contribution >= 0.6 is 0 Å². The fourth-order valence-electron chi connectivity index (χ4n) is 1.69. The van der Waals surface area contributed by atoms with Crippen LogP contribution in [0.4, 0.5) is 5.69 Å². The van der Waals surface area contributed by atoms with Crippen LogP contribution in [-0.4, -0.2) is 10.1 Å². The number of nitrogens with two attached hydrogens (primary N) is 1. The van der Waals surface area contributed by atoms with Crippen LogP contribution < -0.4 is 5.73 Å². The number of nitrogens with zero attached hydrogens (tertiary/aromatic N) is 2. The van der Waals surface area contributed by atoms with Gasteiger partial charge in [-0.25, -0.2) is 0 Å². The van der Waals surface area contributed by atoms with E-state index in [1.54, 1.807) is 0 Å². The van der Waals surface area contributed by atoms with Crippen LogP contribution in [0.1, 0.15) is 43.5 Å². The van der Waals surface area contributed by atoms with Crippen molar-refractivity contribution in [1.29, 1.82) is 0 Å². The fraction of sp³-hybridized carbons (Fsp3) is 0.429. The number of anilines is 1. The molecule has 0 aliphatic heterocycles. The first-order valence-corrected chi connectivity index (χ1v) is 6.36. The number of rotatable bonds is 5. The summed E-state index contributed by atoms with van der Waals surface area (Å²) in [6.45, 7) is 4.23. The van der Waals surface area contributed by atoms with Crippen LogP contribution in [0.15, 0.2) is 28.8 Å². The van der Waals surface area contributed by atoms with Gasteiger partial charge in [-0.05, 0) is 30.5 Å². The number of hydrogen-bond donors (Lipinski definition) is 1. The van der Waals surface area contributed by atoms with Gasteiger partial charge in [0.05, 0.1) is 0 Å². The van der Waals surface area contributed by atoms with Gasteiger partial charge in [0.25, 0.3) is 0 Å². The molecule has 4 nitrogen and oxygen atoms in total. The molecule has 1 heterocycles. The Kier molecular flexibility index (Phi) is 3.97. The van der Waals surface area contributed by atoms with Gasteiger partial charge in [0, 0.05) is 18.0 Å². The van der Waals surface area contributed by atoms with Gasteiger partial charge in [0.2, 0.25) is 5.89 Å². The normalized spacial score (nSPS) is 12.6. The van der Waals surface area contributed by atoms with Crippen LogP contribution in [0, 0.1) is 0 Å². The molecule has 0 bridgehead atoms. The topological polar surface area (TPSA) is 64.9 Å².